The van der Waals surface area contributed by atoms with E-state index in [4.69, 9.17) is 4.74 Å². The summed E-state index contributed by atoms with van der Waals surface area (Å²) >= 11 is 0. The largest absolute Gasteiger partial charge is 0.374 e. The molecule has 0 aromatic carbocycles. The molecule has 2 N–H and O–H groups in total. The summed E-state index contributed by atoms with van der Waals surface area (Å²) in [4.78, 5) is 14.1. The summed E-state index contributed by atoms with van der Waals surface area (Å²) in [7, 11) is 1.71. The van der Waals surface area contributed by atoms with Crippen molar-refractivity contribution in [2.24, 2.45) is 0 Å². The molecule has 1 amide bonds. The molecule has 2 heterocycles. The quantitative estimate of drug-likeness (QED) is 0.704. The summed E-state index contributed by atoms with van der Waals surface area (Å²) in [6.45, 7) is 5.76. The molecule has 0 radical (unpaired) electrons. The van der Waals surface area contributed by atoms with Crippen molar-refractivity contribution < 1.29 is 9.53 Å². The van der Waals surface area contributed by atoms with Gasteiger partial charge >= 0.3 is 0 Å². The Labute approximate surface area is 103 Å². The zero-order chi connectivity index (χ0) is 12.3. The third kappa shape index (κ3) is 2.78. The minimum absolute atomic E-state index is 0.0283. The van der Waals surface area contributed by atoms with Gasteiger partial charge in [0.1, 0.15) is 0 Å². The SMILES string of the molecule is CNC(=O)C1CCCN1C(C)C1CNCCO1. The van der Waals surface area contributed by atoms with Crippen LogP contribution in [0, 0.1) is 0 Å². The number of hydrogen-bond donors (Lipinski definition) is 2. The third-order valence-electron chi connectivity index (χ3n) is 3.86. The zero-order valence-electron chi connectivity index (χ0n) is 10.7. The van der Waals surface area contributed by atoms with Crippen molar-refractivity contribution in [1.82, 2.24) is 15.5 Å². The Morgan fingerprint density at radius 1 is 1.59 bits per heavy atom. The summed E-state index contributed by atoms with van der Waals surface area (Å²) in [5, 5.41) is 6.10. The van der Waals surface area contributed by atoms with E-state index in [1.165, 1.54) is 0 Å². The van der Waals surface area contributed by atoms with Crippen molar-refractivity contribution in [1.29, 1.82) is 0 Å². The van der Waals surface area contributed by atoms with Gasteiger partial charge in [-0.05, 0) is 26.3 Å². The van der Waals surface area contributed by atoms with Crippen molar-refractivity contribution in [3.05, 3.63) is 0 Å². The Hall–Kier alpha value is -0.650. The van der Waals surface area contributed by atoms with E-state index < -0.39 is 0 Å². The van der Waals surface area contributed by atoms with Gasteiger partial charge < -0.3 is 15.4 Å². The molecular formula is C12H23N3O2. The Balaban J connectivity index is 1.97. The molecule has 0 aromatic rings. The lowest BCUT2D eigenvalue weighted by Gasteiger charge is -2.37. The first-order chi connectivity index (χ1) is 8.24. The topological polar surface area (TPSA) is 53.6 Å². The van der Waals surface area contributed by atoms with Crippen molar-refractivity contribution in [3.8, 4) is 0 Å². The standard InChI is InChI=1S/C12H23N3O2/c1-9(11-8-14-5-7-17-11)15-6-3-4-10(15)12(16)13-2/h9-11,14H,3-8H2,1-2H3,(H,13,16). The van der Waals surface area contributed by atoms with Crippen molar-refractivity contribution in [3.63, 3.8) is 0 Å². The van der Waals surface area contributed by atoms with Gasteiger partial charge in [-0.3, -0.25) is 9.69 Å². The van der Waals surface area contributed by atoms with E-state index in [0.29, 0.717) is 6.04 Å². The highest BCUT2D eigenvalue weighted by Gasteiger charge is 2.36. The number of amides is 1. The maximum absolute atomic E-state index is 11.8. The molecule has 3 atom stereocenters. The number of likely N-dealkylation sites (N-methyl/N-ethyl adjacent to an activating group) is 1. The molecule has 0 aliphatic carbocycles. The van der Waals surface area contributed by atoms with Crippen LogP contribution in [0.5, 0.6) is 0 Å². The summed E-state index contributed by atoms with van der Waals surface area (Å²) in [5.74, 6) is 0.137. The Bertz CT molecular complexity index is 266. The number of likely N-dealkylation sites (tertiary alicyclic amines) is 1. The number of carbonyl (C=O) groups is 1. The fourth-order valence-electron chi connectivity index (χ4n) is 2.83. The van der Waals surface area contributed by atoms with E-state index in [0.717, 1.165) is 39.1 Å². The average Bonchev–Trinajstić information content (AvgIpc) is 2.87. The van der Waals surface area contributed by atoms with E-state index in [1.54, 1.807) is 7.05 Å². The van der Waals surface area contributed by atoms with Crippen molar-refractivity contribution >= 4 is 5.91 Å². The van der Waals surface area contributed by atoms with Gasteiger partial charge in [-0.2, -0.15) is 0 Å². The molecule has 2 saturated heterocycles. The molecule has 3 unspecified atom stereocenters. The highest BCUT2D eigenvalue weighted by Crippen LogP contribution is 2.23. The number of hydrogen-bond acceptors (Lipinski definition) is 4. The van der Waals surface area contributed by atoms with Gasteiger partial charge in [0, 0.05) is 26.2 Å². The van der Waals surface area contributed by atoms with E-state index >= 15 is 0 Å². The number of nitrogens with zero attached hydrogens (tertiary/aromatic N) is 1. The highest BCUT2D eigenvalue weighted by atomic mass is 16.5. The second-order valence-corrected chi connectivity index (χ2v) is 4.86. The smallest absolute Gasteiger partial charge is 0.237 e. The first-order valence-electron chi connectivity index (χ1n) is 6.53. The predicted octanol–water partition coefficient (Wildman–Crippen LogP) is -0.426. The number of ether oxygens (including phenoxy) is 1. The van der Waals surface area contributed by atoms with Gasteiger partial charge in [0.05, 0.1) is 18.8 Å². The molecule has 2 fully saturated rings. The van der Waals surface area contributed by atoms with Crippen LogP contribution in [0.25, 0.3) is 0 Å². The van der Waals surface area contributed by atoms with E-state index in [9.17, 15) is 4.79 Å². The van der Waals surface area contributed by atoms with Crippen LogP contribution in [0.2, 0.25) is 0 Å². The molecular weight excluding hydrogens is 218 g/mol. The molecule has 0 saturated carbocycles. The lowest BCUT2D eigenvalue weighted by molar-refractivity contribution is -0.127. The molecule has 98 valence electrons. The van der Waals surface area contributed by atoms with Gasteiger partial charge in [-0.1, -0.05) is 0 Å². The summed E-state index contributed by atoms with van der Waals surface area (Å²) in [5.41, 5.74) is 0. The third-order valence-corrected chi connectivity index (χ3v) is 3.86. The zero-order valence-corrected chi connectivity index (χ0v) is 10.7. The monoisotopic (exact) mass is 241 g/mol. The number of morpholine rings is 1. The van der Waals surface area contributed by atoms with Gasteiger partial charge in [0.25, 0.3) is 0 Å². The molecule has 17 heavy (non-hydrogen) atoms. The molecule has 2 rings (SSSR count). The van der Waals surface area contributed by atoms with Gasteiger partial charge in [0.2, 0.25) is 5.91 Å². The lowest BCUT2D eigenvalue weighted by Crippen LogP contribution is -2.54. The summed E-state index contributed by atoms with van der Waals surface area (Å²) in [6.07, 6.45) is 2.27. The molecule has 0 spiro atoms. The Morgan fingerprint density at radius 2 is 2.41 bits per heavy atom. The Kier molecular flexibility index (Phi) is 4.36. The van der Waals surface area contributed by atoms with Crippen LogP contribution >= 0.6 is 0 Å². The first kappa shape index (κ1) is 12.8. The summed E-state index contributed by atoms with van der Waals surface area (Å²) < 4.78 is 5.78. The number of carbonyl (C=O) groups excluding carboxylic acids is 1. The number of nitrogens with one attached hydrogen (secondary N) is 2. The first-order valence-corrected chi connectivity index (χ1v) is 6.53. The summed E-state index contributed by atoms with van der Waals surface area (Å²) in [6, 6.07) is 0.327. The molecule has 0 bridgehead atoms. The molecule has 5 heteroatoms. The number of rotatable bonds is 3. The predicted molar refractivity (Wildman–Crippen MR) is 65.9 cm³/mol. The molecule has 0 aromatic heterocycles. The molecule has 5 nitrogen and oxygen atoms in total. The minimum Gasteiger partial charge on any atom is -0.374 e. The van der Waals surface area contributed by atoms with E-state index in [2.05, 4.69) is 22.5 Å². The highest BCUT2D eigenvalue weighted by molar-refractivity contribution is 5.81. The van der Waals surface area contributed by atoms with Crippen LogP contribution in [0.15, 0.2) is 0 Å². The maximum Gasteiger partial charge on any atom is 0.237 e. The normalized spacial score (nSPS) is 32.4. The Morgan fingerprint density at radius 3 is 3.06 bits per heavy atom. The van der Waals surface area contributed by atoms with Crippen molar-refractivity contribution in [2.75, 3.05) is 33.3 Å². The fraction of sp³-hybridized carbons (Fsp3) is 0.917. The van der Waals surface area contributed by atoms with Crippen LogP contribution in [0.3, 0.4) is 0 Å². The van der Waals surface area contributed by atoms with Gasteiger partial charge in [0.15, 0.2) is 0 Å². The van der Waals surface area contributed by atoms with E-state index in [1.807, 2.05) is 0 Å². The van der Waals surface area contributed by atoms with Crippen LogP contribution in [0.4, 0.5) is 0 Å². The minimum atomic E-state index is 0.0283. The van der Waals surface area contributed by atoms with Crippen LogP contribution in [-0.2, 0) is 9.53 Å². The lowest BCUT2D eigenvalue weighted by atomic mass is 10.1. The van der Waals surface area contributed by atoms with Gasteiger partial charge in [-0.25, -0.2) is 0 Å². The fourth-order valence-corrected chi connectivity index (χ4v) is 2.83. The van der Waals surface area contributed by atoms with Crippen molar-refractivity contribution in [2.45, 2.75) is 38.0 Å². The second-order valence-electron chi connectivity index (χ2n) is 4.86. The maximum atomic E-state index is 11.8. The van der Waals surface area contributed by atoms with E-state index in [-0.39, 0.29) is 18.1 Å². The average molecular weight is 241 g/mol. The van der Waals surface area contributed by atoms with Gasteiger partial charge in [-0.15, -0.1) is 0 Å². The van der Waals surface area contributed by atoms with Crippen LogP contribution in [-0.4, -0.2) is 62.3 Å². The van der Waals surface area contributed by atoms with Crippen LogP contribution in [0.1, 0.15) is 19.8 Å². The van der Waals surface area contributed by atoms with Crippen LogP contribution < -0.4 is 10.6 Å². The second kappa shape index (κ2) is 5.80. The molecule has 2 aliphatic heterocycles. The molecule has 2 aliphatic rings.